The van der Waals surface area contributed by atoms with Crippen molar-refractivity contribution in [2.24, 2.45) is 7.05 Å². The number of nitrogens with two attached hydrogens (primary N) is 1. The summed E-state index contributed by atoms with van der Waals surface area (Å²) < 4.78 is 45.8. The zero-order valence-electron chi connectivity index (χ0n) is 20.5. The molecule has 4 unspecified atom stereocenters. The molecule has 0 aliphatic carbocycles. The van der Waals surface area contributed by atoms with Crippen LogP contribution in [0.5, 0.6) is 0 Å². The number of methoxy groups -OCH3 is 1. The minimum atomic E-state index is -4.46. The third kappa shape index (κ3) is 7.89. The van der Waals surface area contributed by atoms with Crippen molar-refractivity contribution in [3.63, 3.8) is 0 Å². The number of carbonyl (C=O) groups excluding carboxylic acids is 1. The van der Waals surface area contributed by atoms with Crippen molar-refractivity contribution in [2.75, 3.05) is 52.9 Å². The number of amides is 1. The summed E-state index contributed by atoms with van der Waals surface area (Å²) in [7, 11) is -2.37. The molecule has 0 aromatic carbocycles. The highest BCUT2D eigenvalue weighted by Crippen LogP contribution is 2.44. The highest BCUT2D eigenvalue weighted by molar-refractivity contribution is 7.47. The molecule has 0 saturated carbocycles. The number of aromatic nitrogens is 4. The van der Waals surface area contributed by atoms with Gasteiger partial charge in [0.1, 0.15) is 0 Å². The molecule has 17 nitrogen and oxygen atoms in total. The molecule has 1 saturated heterocycles. The van der Waals surface area contributed by atoms with Gasteiger partial charge in [-0.1, -0.05) is 4.98 Å². The number of hydrogen-bond acceptors (Lipinski definition) is 12. The normalized spacial score (nSPS) is 20.1. The molecule has 1 aliphatic heterocycles. The van der Waals surface area contributed by atoms with Gasteiger partial charge in [0.2, 0.25) is 5.52 Å². The average molecular weight is 569 g/mol. The number of carbonyl (C=O) groups is 1. The third-order valence-corrected chi connectivity index (χ3v) is 7.08. The molecule has 3 rings (SSSR count). The fourth-order valence-electron chi connectivity index (χ4n) is 3.68. The summed E-state index contributed by atoms with van der Waals surface area (Å²) in [4.78, 5) is 51.2. The lowest BCUT2D eigenvalue weighted by atomic mass is 10.2. The number of imidazole rings is 1. The Labute approximate surface area is 212 Å². The lowest BCUT2D eigenvalue weighted by Crippen LogP contribution is -2.39. The number of nitrogen functional groups attached to an aromatic ring is 1. The highest BCUT2D eigenvalue weighted by atomic mass is 31.2. The Morgan fingerprint density at radius 2 is 2.11 bits per heavy atom. The van der Waals surface area contributed by atoms with Crippen LogP contribution in [0.25, 0.3) is 11.2 Å². The van der Waals surface area contributed by atoms with E-state index in [2.05, 4.69) is 19.2 Å². The van der Waals surface area contributed by atoms with Crippen molar-refractivity contribution in [2.45, 2.75) is 25.2 Å². The van der Waals surface area contributed by atoms with Crippen LogP contribution in [0.3, 0.4) is 0 Å². The van der Waals surface area contributed by atoms with Gasteiger partial charge in [0.25, 0.3) is 11.5 Å². The number of phosphoric acid groups is 1. The Hall–Kier alpha value is -2.20. The van der Waals surface area contributed by atoms with Crippen LogP contribution in [0, 0.1) is 0 Å². The molecule has 0 bridgehead atoms. The summed E-state index contributed by atoms with van der Waals surface area (Å²) >= 11 is 0. The molecule has 2 aromatic rings. The van der Waals surface area contributed by atoms with Crippen molar-refractivity contribution in [3.05, 3.63) is 16.7 Å². The van der Waals surface area contributed by atoms with Gasteiger partial charge in [-0.2, -0.15) is 0 Å². The predicted molar refractivity (Wildman–Crippen MR) is 127 cm³/mol. The van der Waals surface area contributed by atoms with Crippen LogP contribution in [0.4, 0.5) is 10.7 Å². The highest BCUT2D eigenvalue weighted by Gasteiger charge is 2.35. The maximum Gasteiger partial charge on any atom is 0.472 e. The van der Waals surface area contributed by atoms with E-state index in [9.17, 15) is 23.9 Å². The molecule has 0 spiro atoms. The first-order chi connectivity index (χ1) is 17.5. The molecule has 2 aromatic heterocycles. The van der Waals surface area contributed by atoms with E-state index >= 15 is 0 Å². The van der Waals surface area contributed by atoms with Crippen LogP contribution >= 0.6 is 16.4 Å². The van der Waals surface area contributed by atoms with Gasteiger partial charge in [-0.3, -0.25) is 23.4 Å². The largest absolute Gasteiger partial charge is 0.472 e. The fourth-order valence-corrected chi connectivity index (χ4v) is 4.76. The summed E-state index contributed by atoms with van der Waals surface area (Å²) in [5.41, 5.74) is 5.97. The summed E-state index contributed by atoms with van der Waals surface area (Å²) in [5, 5.41) is 0. The second-order valence-corrected chi connectivity index (χ2v) is 10.4. The van der Waals surface area contributed by atoms with Crippen LogP contribution in [0.1, 0.15) is 19.1 Å². The van der Waals surface area contributed by atoms with Gasteiger partial charge in [0.05, 0.1) is 40.1 Å². The fraction of sp³-hybridized carbons (Fsp3) is 0.667. The first-order valence-electron chi connectivity index (χ1n) is 11.1. The van der Waals surface area contributed by atoms with E-state index in [1.54, 1.807) is 22.5 Å². The molecule has 37 heavy (non-hydrogen) atoms. The summed E-state index contributed by atoms with van der Waals surface area (Å²) in [6.07, 6.45) is 0.994. The predicted octanol–water partition coefficient (Wildman–Crippen LogP) is -0.107. The zero-order chi connectivity index (χ0) is 27.2. The Morgan fingerprint density at radius 3 is 2.81 bits per heavy atom. The van der Waals surface area contributed by atoms with Crippen LogP contribution in [-0.4, -0.2) is 88.5 Å². The van der Waals surface area contributed by atoms with E-state index in [1.165, 1.54) is 14.2 Å². The number of hydrogen-bond donors (Lipinski definition) is 4. The smallest absolute Gasteiger partial charge is 0.453 e. The first-order valence-corrected chi connectivity index (χ1v) is 13.7. The minimum Gasteiger partial charge on any atom is -0.453 e. The number of phosphoric ester groups is 1. The maximum atomic E-state index is 12.3. The lowest BCUT2D eigenvalue weighted by Gasteiger charge is -2.22. The lowest BCUT2D eigenvalue weighted by molar-refractivity contribution is -0.739. The molecule has 1 amide bonds. The Kier molecular flexibility index (Phi) is 10.3. The zero-order valence-corrected chi connectivity index (χ0v) is 22.3. The Morgan fingerprint density at radius 1 is 1.38 bits per heavy atom. The molecule has 1 aliphatic rings. The van der Waals surface area contributed by atoms with Gasteiger partial charge in [0.15, 0.2) is 12.6 Å². The van der Waals surface area contributed by atoms with Crippen molar-refractivity contribution in [3.8, 4) is 0 Å². The van der Waals surface area contributed by atoms with E-state index in [0.717, 1.165) is 4.90 Å². The SMILES string of the molecule is COC(=O)N(CCOP(O)OC)CCOP(=O)(O)OCC1CCC([n+]2cn(C)c3c(=O)[nH]c(N)nc32)O1. The number of ether oxygens (including phenoxy) is 2. The summed E-state index contributed by atoms with van der Waals surface area (Å²) in [5.74, 6) is -0.0274. The van der Waals surface area contributed by atoms with Gasteiger partial charge in [-0.15, -0.1) is 0 Å². The molecular formula is C18H31N6O11P2+. The monoisotopic (exact) mass is 569 g/mol. The van der Waals surface area contributed by atoms with E-state index in [0.29, 0.717) is 24.0 Å². The second-order valence-electron chi connectivity index (χ2n) is 7.86. The van der Waals surface area contributed by atoms with Crippen molar-refractivity contribution >= 4 is 39.6 Å². The molecule has 19 heteroatoms. The molecule has 0 radical (unpaired) electrons. The van der Waals surface area contributed by atoms with Crippen LogP contribution < -0.4 is 15.9 Å². The van der Waals surface area contributed by atoms with E-state index in [1.807, 2.05) is 0 Å². The molecule has 3 heterocycles. The third-order valence-electron chi connectivity index (χ3n) is 5.38. The van der Waals surface area contributed by atoms with Gasteiger partial charge in [0, 0.05) is 26.6 Å². The number of H-pyrrole nitrogens is 1. The van der Waals surface area contributed by atoms with Crippen LogP contribution in [-0.2, 0) is 39.2 Å². The number of nitrogens with one attached hydrogen (secondary N) is 1. The Balaban J connectivity index is 1.48. The van der Waals surface area contributed by atoms with Crippen molar-refractivity contribution in [1.82, 2.24) is 19.4 Å². The summed E-state index contributed by atoms with van der Waals surface area (Å²) in [6.45, 7) is -0.690. The van der Waals surface area contributed by atoms with Gasteiger partial charge in [-0.25, -0.2) is 13.9 Å². The number of anilines is 1. The molecular weight excluding hydrogens is 538 g/mol. The number of nitrogens with zero attached hydrogens (tertiary/aromatic N) is 4. The summed E-state index contributed by atoms with van der Waals surface area (Å²) in [6, 6.07) is 0. The molecule has 4 atom stereocenters. The van der Waals surface area contributed by atoms with E-state index < -0.39 is 34.9 Å². The van der Waals surface area contributed by atoms with E-state index in [4.69, 9.17) is 24.0 Å². The van der Waals surface area contributed by atoms with E-state index in [-0.39, 0.29) is 44.4 Å². The van der Waals surface area contributed by atoms with Gasteiger partial charge >= 0.3 is 28.2 Å². The van der Waals surface area contributed by atoms with Crippen LogP contribution in [0.2, 0.25) is 0 Å². The van der Waals surface area contributed by atoms with Crippen molar-refractivity contribution < 1.29 is 51.3 Å². The average Bonchev–Trinajstić information content (AvgIpc) is 3.45. The first kappa shape index (κ1) is 29.4. The van der Waals surface area contributed by atoms with Crippen molar-refractivity contribution in [1.29, 1.82) is 0 Å². The van der Waals surface area contributed by atoms with Gasteiger partial charge < -0.3 is 38.9 Å². The molecule has 208 valence electrons. The second kappa shape index (κ2) is 13.0. The number of aromatic amines is 1. The Bertz CT molecular complexity index is 1180. The number of fused-ring (bicyclic) bond motifs is 1. The van der Waals surface area contributed by atoms with Gasteiger partial charge in [-0.05, 0) is 6.42 Å². The molecule has 1 fully saturated rings. The molecule has 5 N–H and O–H groups in total. The topological polar surface area (TPSA) is 214 Å². The maximum absolute atomic E-state index is 12.3. The number of aryl methyl sites for hydroxylation is 1. The quantitative estimate of drug-likeness (QED) is 0.183. The van der Waals surface area contributed by atoms with Crippen LogP contribution in [0.15, 0.2) is 11.1 Å². The number of rotatable bonds is 13. The standard InChI is InChI=1S/C18H30N6O11P2/c1-22-11-24(15-14(22)16(25)21-17(19)20-15)13-5-4-12(35-13)10-34-37(28,29)33-9-7-23(18(26)30-2)6-8-32-36(27)31-3/h11-13,27H,4-10H2,1-3H3,(H3-,19,20,21,25,28,29)/p+1. The minimum absolute atomic E-state index is 0.0187.